The summed E-state index contributed by atoms with van der Waals surface area (Å²) >= 11 is 0. The van der Waals surface area contributed by atoms with E-state index >= 15 is 0 Å². The summed E-state index contributed by atoms with van der Waals surface area (Å²) in [6.07, 6.45) is 4.19. The summed E-state index contributed by atoms with van der Waals surface area (Å²) in [4.78, 5) is 11.9. The van der Waals surface area contributed by atoms with Crippen LogP contribution in [0.3, 0.4) is 0 Å². The van der Waals surface area contributed by atoms with Crippen LogP contribution >= 0.6 is 0 Å². The lowest BCUT2D eigenvalue weighted by Gasteiger charge is -2.17. The molecule has 1 N–H and O–H groups in total. The van der Waals surface area contributed by atoms with Crippen molar-refractivity contribution in [1.82, 2.24) is 9.78 Å². The summed E-state index contributed by atoms with van der Waals surface area (Å²) in [7, 11) is 0. The lowest BCUT2D eigenvalue weighted by atomic mass is 9.92. The molecule has 0 aliphatic rings. The van der Waals surface area contributed by atoms with Crippen LogP contribution in [-0.4, -0.2) is 15.7 Å². The molecule has 2 aromatic rings. The largest absolute Gasteiger partial charge is 0.326 e. The Morgan fingerprint density at radius 1 is 1.30 bits per heavy atom. The Bertz CT molecular complexity index is 568. The highest BCUT2D eigenvalue weighted by atomic mass is 16.1. The quantitative estimate of drug-likeness (QED) is 0.927. The Kier molecular flexibility index (Phi) is 4.23. The Labute approximate surface area is 119 Å². The lowest BCUT2D eigenvalue weighted by Crippen LogP contribution is -2.19. The highest BCUT2D eigenvalue weighted by molar-refractivity contribution is 5.91. The van der Waals surface area contributed by atoms with Gasteiger partial charge in [-0.1, -0.05) is 32.9 Å². The molecule has 0 atom stereocenters. The van der Waals surface area contributed by atoms with Crippen molar-refractivity contribution in [2.75, 3.05) is 5.32 Å². The molecule has 4 heteroatoms. The summed E-state index contributed by atoms with van der Waals surface area (Å²) in [5.41, 5.74) is 1.95. The van der Waals surface area contributed by atoms with Crippen molar-refractivity contribution in [3.63, 3.8) is 0 Å². The van der Waals surface area contributed by atoms with Crippen LogP contribution in [0.4, 0.5) is 5.69 Å². The van der Waals surface area contributed by atoms with E-state index in [0.717, 1.165) is 11.3 Å². The fourth-order valence-electron chi connectivity index (χ4n) is 2.02. The summed E-state index contributed by atoms with van der Waals surface area (Å²) in [5, 5.41) is 7.13. The third-order valence-corrected chi connectivity index (χ3v) is 2.81. The van der Waals surface area contributed by atoms with Crippen molar-refractivity contribution in [1.29, 1.82) is 0 Å². The minimum atomic E-state index is -0.00322. The number of benzene rings is 1. The Morgan fingerprint density at radius 3 is 2.75 bits per heavy atom. The van der Waals surface area contributed by atoms with Crippen molar-refractivity contribution in [2.24, 2.45) is 5.41 Å². The summed E-state index contributed by atoms with van der Waals surface area (Å²) < 4.78 is 1.86. The van der Waals surface area contributed by atoms with Gasteiger partial charge in [0.15, 0.2) is 0 Å². The number of carbonyl (C=O) groups is 1. The Hall–Kier alpha value is -2.10. The van der Waals surface area contributed by atoms with E-state index in [4.69, 9.17) is 0 Å². The molecule has 1 heterocycles. The fourth-order valence-corrected chi connectivity index (χ4v) is 2.02. The molecule has 0 aliphatic heterocycles. The van der Waals surface area contributed by atoms with Crippen LogP contribution in [0.25, 0.3) is 0 Å². The highest BCUT2D eigenvalue weighted by Gasteiger charge is 2.15. The number of hydrogen-bond acceptors (Lipinski definition) is 2. The smallest absolute Gasteiger partial charge is 0.224 e. The first-order chi connectivity index (χ1) is 9.42. The van der Waals surface area contributed by atoms with Gasteiger partial charge in [-0.05, 0) is 29.2 Å². The molecule has 0 radical (unpaired) electrons. The number of hydrogen-bond donors (Lipinski definition) is 1. The van der Waals surface area contributed by atoms with Crippen LogP contribution < -0.4 is 5.32 Å². The summed E-state index contributed by atoms with van der Waals surface area (Å²) in [6, 6.07) is 9.77. The van der Waals surface area contributed by atoms with Crippen LogP contribution in [0.1, 0.15) is 32.8 Å². The van der Waals surface area contributed by atoms with Crippen molar-refractivity contribution < 1.29 is 4.79 Å². The third-order valence-electron chi connectivity index (χ3n) is 2.81. The van der Waals surface area contributed by atoms with Crippen molar-refractivity contribution in [3.8, 4) is 0 Å². The molecule has 1 aromatic heterocycles. The second-order valence-corrected chi connectivity index (χ2v) is 6.19. The van der Waals surface area contributed by atoms with Crippen LogP contribution in [-0.2, 0) is 11.3 Å². The topological polar surface area (TPSA) is 46.9 Å². The van der Waals surface area contributed by atoms with Crippen molar-refractivity contribution >= 4 is 11.6 Å². The molecule has 106 valence electrons. The maximum Gasteiger partial charge on any atom is 0.224 e. The predicted molar refractivity (Wildman–Crippen MR) is 80.5 cm³/mol. The number of anilines is 1. The molecule has 0 fully saturated rings. The van der Waals surface area contributed by atoms with Gasteiger partial charge >= 0.3 is 0 Å². The van der Waals surface area contributed by atoms with E-state index in [-0.39, 0.29) is 11.3 Å². The molecular weight excluding hydrogens is 250 g/mol. The van der Waals surface area contributed by atoms with E-state index in [1.165, 1.54) is 0 Å². The standard InChI is InChI=1S/C16H21N3O/c1-16(2,3)11-15(20)18-14-7-4-6-13(10-14)12-19-9-5-8-17-19/h4-10H,11-12H2,1-3H3,(H,18,20). The van der Waals surface area contributed by atoms with Gasteiger partial charge < -0.3 is 5.32 Å². The van der Waals surface area contributed by atoms with Crippen LogP contribution in [0.5, 0.6) is 0 Å². The first kappa shape index (κ1) is 14.3. The predicted octanol–water partition coefficient (Wildman–Crippen LogP) is 3.31. The molecule has 1 aromatic carbocycles. The Balaban J connectivity index is 2.01. The number of carbonyl (C=O) groups excluding carboxylic acids is 1. The lowest BCUT2D eigenvalue weighted by molar-refractivity contribution is -0.117. The van der Waals surface area contributed by atoms with Gasteiger partial charge in [0.1, 0.15) is 0 Å². The second-order valence-electron chi connectivity index (χ2n) is 6.19. The number of rotatable bonds is 4. The minimum Gasteiger partial charge on any atom is -0.326 e. The summed E-state index contributed by atoms with van der Waals surface area (Å²) in [5.74, 6) is 0.0498. The monoisotopic (exact) mass is 271 g/mol. The first-order valence-corrected chi connectivity index (χ1v) is 6.79. The van der Waals surface area contributed by atoms with Crippen molar-refractivity contribution in [2.45, 2.75) is 33.7 Å². The molecule has 0 spiro atoms. The van der Waals surface area contributed by atoms with E-state index in [0.29, 0.717) is 13.0 Å². The van der Waals surface area contributed by atoms with Gasteiger partial charge in [0.25, 0.3) is 0 Å². The van der Waals surface area contributed by atoms with E-state index in [9.17, 15) is 4.79 Å². The maximum absolute atomic E-state index is 11.9. The van der Waals surface area contributed by atoms with Gasteiger partial charge in [0, 0.05) is 24.5 Å². The van der Waals surface area contributed by atoms with Crippen LogP contribution in [0.15, 0.2) is 42.7 Å². The molecule has 0 unspecified atom stereocenters. The normalized spacial score (nSPS) is 11.3. The van der Waals surface area contributed by atoms with Gasteiger partial charge in [-0.25, -0.2) is 0 Å². The van der Waals surface area contributed by atoms with E-state index in [1.54, 1.807) is 6.20 Å². The third kappa shape index (κ3) is 4.53. The number of amides is 1. The zero-order chi connectivity index (χ0) is 14.6. The minimum absolute atomic E-state index is 0.00322. The summed E-state index contributed by atoms with van der Waals surface area (Å²) in [6.45, 7) is 6.87. The number of nitrogens with one attached hydrogen (secondary N) is 1. The fraction of sp³-hybridized carbons (Fsp3) is 0.375. The van der Waals surface area contributed by atoms with E-state index in [1.807, 2.05) is 41.2 Å². The molecule has 0 bridgehead atoms. The SMILES string of the molecule is CC(C)(C)CC(=O)Nc1cccc(Cn2cccn2)c1. The molecule has 4 nitrogen and oxygen atoms in total. The molecule has 1 amide bonds. The average molecular weight is 271 g/mol. The Morgan fingerprint density at radius 2 is 2.10 bits per heavy atom. The zero-order valence-corrected chi connectivity index (χ0v) is 12.3. The van der Waals surface area contributed by atoms with Crippen LogP contribution in [0, 0.1) is 5.41 Å². The molecular formula is C16H21N3O. The molecule has 0 aliphatic carbocycles. The van der Waals surface area contributed by atoms with Gasteiger partial charge in [0.2, 0.25) is 5.91 Å². The molecule has 0 saturated carbocycles. The average Bonchev–Trinajstić information content (AvgIpc) is 2.79. The van der Waals surface area contributed by atoms with Crippen molar-refractivity contribution in [3.05, 3.63) is 48.3 Å². The molecule has 20 heavy (non-hydrogen) atoms. The van der Waals surface area contributed by atoms with Gasteiger partial charge in [-0.15, -0.1) is 0 Å². The number of aromatic nitrogens is 2. The molecule has 0 saturated heterocycles. The van der Waals surface area contributed by atoms with Gasteiger partial charge in [-0.3, -0.25) is 9.48 Å². The first-order valence-electron chi connectivity index (χ1n) is 6.79. The zero-order valence-electron chi connectivity index (χ0n) is 12.3. The van der Waals surface area contributed by atoms with Crippen LogP contribution in [0.2, 0.25) is 0 Å². The maximum atomic E-state index is 11.9. The second kappa shape index (κ2) is 5.90. The highest BCUT2D eigenvalue weighted by Crippen LogP contribution is 2.20. The molecule has 2 rings (SSSR count). The number of nitrogens with zero attached hydrogens (tertiary/aromatic N) is 2. The van der Waals surface area contributed by atoms with E-state index in [2.05, 4.69) is 31.2 Å². The van der Waals surface area contributed by atoms with E-state index < -0.39 is 0 Å². The van der Waals surface area contributed by atoms with Gasteiger partial charge in [0.05, 0.1) is 6.54 Å². The van der Waals surface area contributed by atoms with Gasteiger partial charge in [-0.2, -0.15) is 5.10 Å².